The minimum Gasteiger partial charge on any atom is -0.481 e. The first-order valence-corrected chi connectivity index (χ1v) is 10.3. The van der Waals surface area contributed by atoms with E-state index in [1.807, 2.05) is 29.8 Å². The maximum absolute atomic E-state index is 12.1. The fourth-order valence-electron chi connectivity index (χ4n) is 3.09. The Labute approximate surface area is 164 Å². The molecule has 5 nitrogen and oxygen atoms in total. The van der Waals surface area contributed by atoms with Gasteiger partial charge in [0, 0.05) is 29.2 Å². The first-order valence-electron chi connectivity index (χ1n) is 9.39. The predicted molar refractivity (Wildman–Crippen MR) is 107 cm³/mol. The van der Waals surface area contributed by atoms with Gasteiger partial charge in [0.05, 0.1) is 17.3 Å². The van der Waals surface area contributed by atoms with Gasteiger partial charge in [0.15, 0.2) is 5.78 Å². The second-order valence-corrected chi connectivity index (χ2v) is 7.59. The Morgan fingerprint density at radius 3 is 2.96 bits per heavy atom. The van der Waals surface area contributed by atoms with E-state index in [1.54, 1.807) is 17.4 Å². The zero-order valence-electron chi connectivity index (χ0n) is 15.6. The number of carboxylic acids is 1. The van der Waals surface area contributed by atoms with Crippen molar-refractivity contribution in [2.45, 2.75) is 58.0 Å². The van der Waals surface area contributed by atoms with E-state index in [2.05, 4.69) is 11.9 Å². The van der Waals surface area contributed by atoms with Crippen molar-refractivity contribution in [3.8, 4) is 0 Å². The summed E-state index contributed by atoms with van der Waals surface area (Å²) in [6.07, 6.45) is 12.9. The molecule has 0 amide bonds. The molecule has 0 aromatic carbocycles. The topological polar surface area (TPSA) is 87.5 Å². The lowest BCUT2D eigenvalue weighted by molar-refractivity contribution is -0.137. The largest absolute Gasteiger partial charge is 0.481 e. The third-order valence-electron chi connectivity index (χ3n) is 4.57. The number of ketones is 1. The van der Waals surface area contributed by atoms with Crippen LogP contribution in [0.5, 0.6) is 0 Å². The molecule has 0 spiro atoms. The minimum atomic E-state index is -0.778. The van der Waals surface area contributed by atoms with Crippen molar-refractivity contribution in [2.24, 2.45) is 5.92 Å². The molecule has 2 N–H and O–H groups in total. The molecule has 0 fully saturated rings. The summed E-state index contributed by atoms with van der Waals surface area (Å²) in [4.78, 5) is 28.1. The van der Waals surface area contributed by atoms with Crippen molar-refractivity contribution in [1.82, 2.24) is 4.98 Å². The molecule has 1 aliphatic carbocycles. The summed E-state index contributed by atoms with van der Waals surface area (Å²) >= 11 is 1.61. The van der Waals surface area contributed by atoms with Gasteiger partial charge in [-0.15, -0.1) is 11.3 Å². The fourth-order valence-corrected chi connectivity index (χ4v) is 3.84. The van der Waals surface area contributed by atoms with Gasteiger partial charge in [-0.3, -0.25) is 9.59 Å². The van der Waals surface area contributed by atoms with Crippen molar-refractivity contribution in [3.63, 3.8) is 0 Å². The molecule has 6 heteroatoms. The highest BCUT2D eigenvalue weighted by Crippen LogP contribution is 2.26. The molecule has 1 aromatic rings. The van der Waals surface area contributed by atoms with Crippen molar-refractivity contribution in [3.05, 3.63) is 52.0 Å². The summed E-state index contributed by atoms with van der Waals surface area (Å²) < 4.78 is 0. The highest BCUT2D eigenvalue weighted by molar-refractivity contribution is 7.09. The van der Waals surface area contributed by atoms with E-state index < -0.39 is 12.1 Å². The van der Waals surface area contributed by atoms with Crippen LogP contribution >= 0.6 is 11.3 Å². The molecule has 2 rings (SSSR count). The highest BCUT2D eigenvalue weighted by atomic mass is 32.1. The standard InChI is InChI=1S/C21H27NO4S/c1-2-20-18(22-14-27-20)13-16(23)10-11-17-15(9-12-19(17)24)7-5-3-4-6-8-21(25)26/h3,5,9,11-12,14-16,23H,2,4,6-8,10,13H2,1H3,(H,25,26)/b5-3-,17-11+/t15-,16+/m0/s1. The summed E-state index contributed by atoms with van der Waals surface area (Å²) in [6, 6.07) is 0. The first kappa shape index (κ1) is 21.3. The summed E-state index contributed by atoms with van der Waals surface area (Å²) in [5.74, 6) is -0.736. The van der Waals surface area contributed by atoms with Gasteiger partial charge in [-0.1, -0.05) is 31.2 Å². The zero-order chi connectivity index (χ0) is 19.6. The van der Waals surface area contributed by atoms with Gasteiger partial charge in [0.1, 0.15) is 0 Å². The Morgan fingerprint density at radius 2 is 2.22 bits per heavy atom. The van der Waals surface area contributed by atoms with Crippen LogP contribution in [0.4, 0.5) is 0 Å². The van der Waals surface area contributed by atoms with E-state index in [0.29, 0.717) is 25.7 Å². The normalized spacial score (nSPS) is 19.4. The zero-order valence-corrected chi connectivity index (χ0v) is 16.5. The average molecular weight is 390 g/mol. The van der Waals surface area contributed by atoms with Crippen molar-refractivity contribution in [2.75, 3.05) is 0 Å². The highest BCUT2D eigenvalue weighted by Gasteiger charge is 2.22. The van der Waals surface area contributed by atoms with E-state index in [0.717, 1.165) is 24.1 Å². The van der Waals surface area contributed by atoms with Gasteiger partial charge >= 0.3 is 5.97 Å². The number of hydrogen-bond donors (Lipinski definition) is 2. The quantitative estimate of drug-likeness (QED) is 0.341. The first-order chi connectivity index (χ1) is 13.0. The van der Waals surface area contributed by atoms with Gasteiger partial charge in [-0.05, 0) is 38.2 Å². The average Bonchev–Trinajstić information content (AvgIpc) is 3.22. The molecular weight excluding hydrogens is 362 g/mol. The molecule has 1 heterocycles. The molecule has 27 heavy (non-hydrogen) atoms. The monoisotopic (exact) mass is 389 g/mol. The van der Waals surface area contributed by atoms with E-state index in [4.69, 9.17) is 5.11 Å². The molecule has 0 saturated heterocycles. The molecule has 146 valence electrons. The summed E-state index contributed by atoms with van der Waals surface area (Å²) in [6.45, 7) is 2.08. The Balaban J connectivity index is 1.84. The van der Waals surface area contributed by atoms with Crippen LogP contribution in [0.2, 0.25) is 0 Å². The molecule has 2 atom stereocenters. The fraction of sp³-hybridized carbons (Fsp3) is 0.476. The lowest BCUT2D eigenvalue weighted by Gasteiger charge is -2.11. The summed E-state index contributed by atoms with van der Waals surface area (Å²) in [5.41, 5.74) is 3.49. The van der Waals surface area contributed by atoms with Crippen molar-refractivity contribution in [1.29, 1.82) is 0 Å². The maximum Gasteiger partial charge on any atom is 0.303 e. The predicted octanol–water partition coefficient (Wildman–Crippen LogP) is 3.88. The van der Waals surface area contributed by atoms with Gasteiger partial charge in [-0.25, -0.2) is 4.98 Å². The lowest BCUT2D eigenvalue weighted by Crippen LogP contribution is -2.12. The van der Waals surface area contributed by atoms with E-state index in [1.165, 1.54) is 4.88 Å². The number of thiazole rings is 1. The molecule has 0 bridgehead atoms. The summed E-state index contributed by atoms with van der Waals surface area (Å²) in [7, 11) is 0. The Kier molecular flexibility index (Phi) is 8.61. The number of allylic oxidation sites excluding steroid dienone is 5. The Bertz CT molecular complexity index is 732. The molecule has 0 aliphatic heterocycles. The van der Waals surface area contributed by atoms with E-state index in [-0.39, 0.29) is 18.1 Å². The number of aliphatic carboxylic acids is 1. The molecule has 0 unspecified atom stereocenters. The molecule has 0 radical (unpaired) electrons. The smallest absolute Gasteiger partial charge is 0.303 e. The number of nitrogens with zero attached hydrogens (tertiary/aromatic N) is 1. The number of rotatable bonds is 11. The van der Waals surface area contributed by atoms with Gasteiger partial charge in [0.25, 0.3) is 0 Å². The maximum atomic E-state index is 12.1. The molecular formula is C21H27NO4S. The van der Waals surface area contributed by atoms with Crippen LogP contribution in [0.3, 0.4) is 0 Å². The summed E-state index contributed by atoms with van der Waals surface area (Å²) in [5, 5.41) is 18.9. The third kappa shape index (κ3) is 6.88. The number of carboxylic acid groups (broad SMARTS) is 1. The van der Waals surface area contributed by atoms with Crippen LogP contribution < -0.4 is 0 Å². The van der Waals surface area contributed by atoms with Crippen LogP contribution in [0, 0.1) is 5.92 Å². The van der Waals surface area contributed by atoms with E-state index >= 15 is 0 Å². The van der Waals surface area contributed by atoms with Crippen molar-refractivity contribution < 1.29 is 19.8 Å². The SMILES string of the molecule is CCc1scnc1C[C@H](O)C/C=C1/C(=O)C=C[C@@H]1C/C=C\CCCC(=O)O. The third-order valence-corrected chi connectivity index (χ3v) is 5.59. The Hall–Kier alpha value is -2.05. The second-order valence-electron chi connectivity index (χ2n) is 6.65. The number of aliphatic hydroxyl groups is 1. The minimum absolute atomic E-state index is 0.00869. The van der Waals surface area contributed by atoms with E-state index in [9.17, 15) is 14.7 Å². The second kappa shape index (κ2) is 10.9. The van der Waals surface area contributed by atoms with Crippen LogP contribution in [0.1, 0.15) is 49.6 Å². The number of aromatic nitrogens is 1. The number of carbonyl (C=O) groups is 2. The number of aryl methyl sites for hydroxylation is 1. The van der Waals surface area contributed by atoms with Crippen LogP contribution in [-0.4, -0.2) is 33.1 Å². The van der Waals surface area contributed by atoms with Crippen LogP contribution in [0.15, 0.2) is 41.5 Å². The van der Waals surface area contributed by atoms with Gasteiger partial charge in [-0.2, -0.15) is 0 Å². The Morgan fingerprint density at radius 1 is 1.41 bits per heavy atom. The van der Waals surface area contributed by atoms with Crippen LogP contribution in [0.25, 0.3) is 0 Å². The van der Waals surface area contributed by atoms with Crippen molar-refractivity contribution >= 4 is 23.1 Å². The van der Waals surface area contributed by atoms with Gasteiger partial charge in [0.2, 0.25) is 0 Å². The van der Waals surface area contributed by atoms with Gasteiger partial charge < -0.3 is 10.2 Å². The molecule has 0 saturated carbocycles. The van der Waals surface area contributed by atoms with Crippen LogP contribution in [-0.2, 0) is 22.4 Å². The number of carbonyl (C=O) groups excluding carboxylic acids is 1. The number of hydrogen-bond acceptors (Lipinski definition) is 5. The molecule has 1 aromatic heterocycles. The lowest BCUT2D eigenvalue weighted by atomic mass is 9.95. The number of aliphatic hydroxyl groups excluding tert-OH is 1. The number of unbranched alkanes of at least 4 members (excludes halogenated alkanes) is 1. The molecule has 1 aliphatic rings.